The molecule has 5 rings (SSSR count). The van der Waals surface area contributed by atoms with Crippen LogP contribution in [0.5, 0.6) is 0 Å². The molecule has 0 saturated carbocycles. The Morgan fingerprint density at radius 1 is 1.13 bits per heavy atom. The third-order valence-electron chi connectivity index (χ3n) is 5.71. The predicted octanol–water partition coefficient (Wildman–Crippen LogP) is 5.49. The maximum Gasteiger partial charge on any atom is 0.260 e. The van der Waals surface area contributed by atoms with Gasteiger partial charge in [-0.15, -0.1) is 11.8 Å². The van der Waals surface area contributed by atoms with Crippen LogP contribution in [0.3, 0.4) is 0 Å². The fourth-order valence-corrected chi connectivity index (χ4v) is 5.29. The molecule has 0 radical (unpaired) electrons. The number of amides is 1. The van der Waals surface area contributed by atoms with Crippen LogP contribution in [0.15, 0.2) is 65.8 Å². The number of benzene rings is 2. The van der Waals surface area contributed by atoms with Crippen molar-refractivity contribution in [3.63, 3.8) is 0 Å². The number of hydrogen-bond acceptors (Lipinski definition) is 3. The highest BCUT2D eigenvalue weighted by molar-refractivity contribution is 8.03. The van der Waals surface area contributed by atoms with Crippen LogP contribution < -0.4 is 0 Å². The second kappa shape index (κ2) is 8.81. The van der Waals surface area contributed by atoms with Gasteiger partial charge in [0.15, 0.2) is 0 Å². The van der Waals surface area contributed by atoms with Crippen LogP contribution in [0.25, 0.3) is 10.9 Å². The zero-order chi connectivity index (χ0) is 21.1. The highest BCUT2D eigenvalue weighted by Gasteiger charge is 2.29. The van der Waals surface area contributed by atoms with Crippen molar-refractivity contribution in [3.8, 4) is 6.07 Å². The number of para-hydroxylation sites is 1. The molecule has 1 saturated heterocycles. The van der Waals surface area contributed by atoms with E-state index in [-0.39, 0.29) is 5.91 Å². The van der Waals surface area contributed by atoms with Crippen LogP contribution in [0.1, 0.15) is 34.3 Å². The van der Waals surface area contributed by atoms with E-state index in [4.69, 9.17) is 5.26 Å². The molecule has 30 heavy (non-hydrogen) atoms. The number of carbonyl (C=O) groups excluding carboxylic acids is 1. The topological polar surface area (TPSA) is 49.0 Å². The number of fused-ring (bicyclic) bond motifs is 2. The van der Waals surface area contributed by atoms with Gasteiger partial charge in [-0.1, -0.05) is 35.9 Å². The van der Waals surface area contributed by atoms with Crippen molar-refractivity contribution >= 4 is 28.6 Å². The summed E-state index contributed by atoms with van der Waals surface area (Å²) in [7, 11) is 2.00. The summed E-state index contributed by atoms with van der Waals surface area (Å²) >= 11 is 1.91. The molecular formula is C25H25N3OS. The van der Waals surface area contributed by atoms with Gasteiger partial charge in [-0.05, 0) is 49.6 Å². The molecule has 3 heterocycles. The lowest BCUT2D eigenvalue weighted by molar-refractivity contribution is 0.0809. The minimum Gasteiger partial charge on any atom is -0.350 e. The molecule has 1 unspecified atom stereocenters. The Kier molecular flexibility index (Phi) is 5.96. The van der Waals surface area contributed by atoms with Crippen LogP contribution in [-0.4, -0.2) is 27.7 Å². The number of carbonyl (C=O) groups is 1. The first-order chi connectivity index (χ1) is 14.6. The molecule has 3 aromatic rings. The lowest BCUT2D eigenvalue weighted by atomic mass is 9.99. The second-order valence-corrected chi connectivity index (χ2v) is 8.97. The van der Waals surface area contributed by atoms with Gasteiger partial charge in [-0.2, -0.15) is 5.26 Å². The molecule has 0 aliphatic carbocycles. The molecule has 0 bridgehead atoms. The number of nitrogens with zero attached hydrogens (tertiary/aromatic N) is 3. The molecule has 0 N–H and O–H groups in total. The fraction of sp³-hybridized carbons (Fsp3) is 0.280. The molecule has 5 heteroatoms. The zero-order valence-electron chi connectivity index (χ0n) is 17.3. The summed E-state index contributed by atoms with van der Waals surface area (Å²) in [6.07, 6.45) is 6.43. The van der Waals surface area contributed by atoms with Gasteiger partial charge in [0.25, 0.3) is 5.91 Å². The van der Waals surface area contributed by atoms with Crippen molar-refractivity contribution < 1.29 is 4.79 Å². The highest BCUT2D eigenvalue weighted by atomic mass is 32.2. The number of aryl methyl sites for hydroxylation is 2. The molecule has 2 aliphatic heterocycles. The molecule has 1 aromatic heterocycles. The summed E-state index contributed by atoms with van der Waals surface area (Å²) in [5.74, 6) is 2.03. The quantitative estimate of drug-likeness (QED) is 0.528. The van der Waals surface area contributed by atoms with E-state index in [0.717, 1.165) is 35.0 Å². The molecule has 2 aliphatic rings. The van der Waals surface area contributed by atoms with Gasteiger partial charge >= 0.3 is 0 Å². The molecule has 1 fully saturated rings. The molecule has 1 amide bonds. The van der Waals surface area contributed by atoms with Crippen LogP contribution >= 0.6 is 11.8 Å². The maximum atomic E-state index is 12.9. The molecule has 152 valence electrons. The van der Waals surface area contributed by atoms with Crippen molar-refractivity contribution in [2.45, 2.75) is 19.8 Å². The minimum atomic E-state index is 0.130. The smallest absolute Gasteiger partial charge is 0.260 e. The number of aromatic nitrogens is 1. The normalized spacial score (nSPS) is 17.6. The van der Waals surface area contributed by atoms with E-state index in [1.807, 2.05) is 83.9 Å². The van der Waals surface area contributed by atoms with Crippen molar-refractivity contribution in [3.05, 3.63) is 82.5 Å². The van der Waals surface area contributed by atoms with Crippen molar-refractivity contribution in [1.82, 2.24) is 9.47 Å². The number of allylic oxidation sites excluding steroid dienone is 1. The van der Waals surface area contributed by atoms with Crippen LogP contribution in [0.4, 0.5) is 0 Å². The fourth-order valence-electron chi connectivity index (χ4n) is 3.98. The molecule has 0 spiro atoms. The Bertz CT molecular complexity index is 1140. The summed E-state index contributed by atoms with van der Waals surface area (Å²) < 4.78 is 2.03. The Morgan fingerprint density at radius 3 is 2.67 bits per heavy atom. The van der Waals surface area contributed by atoms with E-state index < -0.39 is 0 Å². The Labute approximate surface area is 181 Å². The SMILES string of the molecule is Cc1ccc(C#N)cc1.Cn1cc(C(=O)N2C=C3SCCC3CC2)c2ccccc21. The van der Waals surface area contributed by atoms with Gasteiger partial charge in [-0.3, -0.25) is 4.79 Å². The van der Waals surface area contributed by atoms with Crippen LogP contribution in [-0.2, 0) is 7.05 Å². The molecule has 4 nitrogen and oxygen atoms in total. The summed E-state index contributed by atoms with van der Waals surface area (Å²) in [5, 5.41) is 9.42. The maximum absolute atomic E-state index is 12.9. The summed E-state index contributed by atoms with van der Waals surface area (Å²) in [5.41, 5.74) is 3.83. The Morgan fingerprint density at radius 2 is 1.90 bits per heavy atom. The lowest BCUT2D eigenvalue weighted by Gasteiger charge is -2.27. The first-order valence-electron chi connectivity index (χ1n) is 10.2. The third-order valence-corrected chi connectivity index (χ3v) is 6.92. The number of thioether (sulfide) groups is 1. The van der Waals surface area contributed by atoms with Gasteiger partial charge in [0.05, 0.1) is 17.2 Å². The van der Waals surface area contributed by atoms with E-state index in [9.17, 15) is 4.79 Å². The first-order valence-corrected chi connectivity index (χ1v) is 11.2. The van der Waals surface area contributed by atoms with Gasteiger partial charge in [0.2, 0.25) is 0 Å². The highest BCUT2D eigenvalue weighted by Crippen LogP contribution is 2.41. The Balaban J connectivity index is 0.000000204. The number of nitriles is 1. The average molecular weight is 416 g/mol. The second-order valence-electron chi connectivity index (χ2n) is 7.80. The average Bonchev–Trinajstić information content (AvgIpc) is 3.38. The van der Waals surface area contributed by atoms with Crippen molar-refractivity contribution in [1.29, 1.82) is 5.26 Å². The van der Waals surface area contributed by atoms with Crippen molar-refractivity contribution in [2.24, 2.45) is 13.0 Å². The molecular weight excluding hydrogens is 390 g/mol. The monoisotopic (exact) mass is 415 g/mol. The first kappa shape index (κ1) is 20.3. The Hall–Kier alpha value is -2.97. The predicted molar refractivity (Wildman–Crippen MR) is 123 cm³/mol. The summed E-state index contributed by atoms with van der Waals surface area (Å²) in [4.78, 5) is 16.2. The van der Waals surface area contributed by atoms with Crippen LogP contribution in [0.2, 0.25) is 0 Å². The molecule has 2 aromatic carbocycles. The van der Waals surface area contributed by atoms with E-state index in [1.165, 1.54) is 22.6 Å². The van der Waals surface area contributed by atoms with E-state index in [2.05, 4.69) is 18.3 Å². The van der Waals surface area contributed by atoms with Gasteiger partial charge in [0.1, 0.15) is 0 Å². The van der Waals surface area contributed by atoms with Gasteiger partial charge in [0, 0.05) is 41.8 Å². The van der Waals surface area contributed by atoms with Crippen LogP contribution in [0, 0.1) is 24.2 Å². The summed E-state index contributed by atoms with van der Waals surface area (Å²) in [6, 6.07) is 17.6. The number of hydrogen-bond donors (Lipinski definition) is 0. The van der Waals surface area contributed by atoms with E-state index in [1.54, 1.807) is 0 Å². The van der Waals surface area contributed by atoms with Gasteiger partial charge < -0.3 is 9.47 Å². The summed E-state index contributed by atoms with van der Waals surface area (Å²) in [6.45, 7) is 2.85. The van der Waals surface area contributed by atoms with E-state index >= 15 is 0 Å². The number of rotatable bonds is 1. The standard InChI is InChI=1S/C17H18N2OS.C8H7N/c1-18-10-14(13-4-2-3-5-15(13)18)17(20)19-8-6-12-7-9-21-16(12)11-19;1-7-2-4-8(6-9)5-3-7/h2-5,10-12H,6-9H2,1H3;2-5H,1H3. The van der Waals surface area contributed by atoms with E-state index in [0.29, 0.717) is 5.92 Å². The largest absolute Gasteiger partial charge is 0.350 e. The minimum absolute atomic E-state index is 0.130. The lowest BCUT2D eigenvalue weighted by Crippen LogP contribution is -2.31. The van der Waals surface area contributed by atoms with Gasteiger partial charge in [-0.25, -0.2) is 0 Å². The van der Waals surface area contributed by atoms with Crippen molar-refractivity contribution in [2.75, 3.05) is 12.3 Å². The third kappa shape index (κ3) is 4.15. The zero-order valence-corrected chi connectivity index (χ0v) is 18.2. The molecule has 1 atom stereocenters.